The standard InChI is InChI=1S/C14H20N2O2/c1-11-5-4-6-12(10-9-11)15-13-7-2-3-8-14(13)16(17)18/h2-3,7-8,11-12,15H,4-6,9-10H2,1H3. The molecular formula is C14H20N2O2. The normalized spacial score (nSPS) is 24.3. The predicted octanol–water partition coefficient (Wildman–Crippen LogP) is 3.98. The van der Waals surface area contributed by atoms with E-state index in [0.717, 1.165) is 18.8 Å². The van der Waals surface area contributed by atoms with Gasteiger partial charge in [-0.15, -0.1) is 0 Å². The monoisotopic (exact) mass is 248 g/mol. The van der Waals surface area contributed by atoms with Gasteiger partial charge in [-0.05, 0) is 31.2 Å². The molecule has 4 nitrogen and oxygen atoms in total. The fraction of sp³-hybridized carbons (Fsp3) is 0.571. The Kier molecular flexibility index (Phi) is 4.18. The molecule has 1 aliphatic carbocycles. The summed E-state index contributed by atoms with van der Waals surface area (Å²) in [5, 5.41) is 14.3. The number of nitro benzene ring substituents is 1. The van der Waals surface area contributed by atoms with E-state index in [1.54, 1.807) is 18.2 Å². The van der Waals surface area contributed by atoms with Crippen LogP contribution in [-0.4, -0.2) is 11.0 Å². The zero-order valence-electron chi connectivity index (χ0n) is 10.8. The van der Waals surface area contributed by atoms with E-state index in [1.165, 1.54) is 19.3 Å². The zero-order chi connectivity index (χ0) is 13.0. The van der Waals surface area contributed by atoms with E-state index in [9.17, 15) is 10.1 Å². The SMILES string of the molecule is CC1CCCC(Nc2ccccc2[N+](=O)[O-])CC1. The third-order valence-electron chi connectivity index (χ3n) is 3.72. The molecule has 4 heteroatoms. The van der Waals surface area contributed by atoms with Crippen molar-refractivity contribution in [3.63, 3.8) is 0 Å². The smallest absolute Gasteiger partial charge is 0.292 e. The molecule has 0 saturated heterocycles. The van der Waals surface area contributed by atoms with Crippen molar-refractivity contribution < 1.29 is 4.92 Å². The van der Waals surface area contributed by atoms with Crippen molar-refractivity contribution in [1.82, 2.24) is 0 Å². The van der Waals surface area contributed by atoms with Crippen LogP contribution < -0.4 is 5.32 Å². The summed E-state index contributed by atoms with van der Waals surface area (Å²) < 4.78 is 0. The highest BCUT2D eigenvalue weighted by atomic mass is 16.6. The molecule has 0 aromatic heterocycles. The van der Waals surface area contributed by atoms with Gasteiger partial charge in [-0.1, -0.05) is 31.9 Å². The average Bonchev–Trinajstić information content (AvgIpc) is 2.55. The van der Waals surface area contributed by atoms with Gasteiger partial charge in [-0.2, -0.15) is 0 Å². The molecule has 0 radical (unpaired) electrons. The Morgan fingerprint density at radius 1 is 1.22 bits per heavy atom. The minimum atomic E-state index is -0.318. The predicted molar refractivity (Wildman–Crippen MR) is 72.8 cm³/mol. The molecule has 18 heavy (non-hydrogen) atoms. The maximum Gasteiger partial charge on any atom is 0.292 e. The van der Waals surface area contributed by atoms with Crippen LogP contribution in [0.3, 0.4) is 0 Å². The molecule has 1 saturated carbocycles. The summed E-state index contributed by atoms with van der Waals surface area (Å²) in [5.74, 6) is 0.780. The van der Waals surface area contributed by atoms with Gasteiger partial charge in [0.25, 0.3) is 5.69 Å². The topological polar surface area (TPSA) is 55.2 Å². The number of benzene rings is 1. The van der Waals surface area contributed by atoms with Gasteiger partial charge in [-0.25, -0.2) is 0 Å². The van der Waals surface area contributed by atoms with Crippen molar-refractivity contribution >= 4 is 11.4 Å². The molecule has 1 fully saturated rings. The quantitative estimate of drug-likeness (QED) is 0.500. The van der Waals surface area contributed by atoms with E-state index in [0.29, 0.717) is 11.7 Å². The Bertz CT molecular complexity index is 420. The third kappa shape index (κ3) is 3.22. The first-order valence-electron chi connectivity index (χ1n) is 6.67. The Hall–Kier alpha value is -1.58. The van der Waals surface area contributed by atoms with Gasteiger partial charge in [0.1, 0.15) is 5.69 Å². The first-order chi connectivity index (χ1) is 8.66. The van der Waals surface area contributed by atoms with Gasteiger partial charge in [0.15, 0.2) is 0 Å². The highest BCUT2D eigenvalue weighted by Crippen LogP contribution is 2.29. The summed E-state index contributed by atoms with van der Waals surface area (Å²) in [5.41, 5.74) is 0.830. The van der Waals surface area contributed by atoms with Crippen molar-refractivity contribution in [3.05, 3.63) is 34.4 Å². The van der Waals surface area contributed by atoms with Crippen molar-refractivity contribution in [2.45, 2.75) is 45.1 Å². The highest BCUT2D eigenvalue weighted by molar-refractivity contribution is 5.61. The second-order valence-electron chi connectivity index (χ2n) is 5.23. The van der Waals surface area contributed by atoms with Crippen LogP contribution in [0, 0.1) is 16.0 Å². The summed E-state index contributed by atoms with van der Waals surface area (Å²) in [7, 11) is 0. The molecule has 0 aliphatic heterocycles. The molecule has 2 unspecified atom stereocenters. The number of para-hydroxylation sites is 2. The summed E-state index contributed by atoms with van der Waals surface area (Å²) >= 11 is 0. The number of rotatable bonds is 3. The second-order valence-corrected chi connectivity index (χ2v) is 5.23. The van der Waals surface area contributed by atoms with E-state index < -0.39 is 0 Å². The fourth-order valence-electron chi connectivity index (χ4n) is 2.61. The van der Waals surface area contributed by atoms with E-state index in [-0.39, 0.29) is 10.6 Å². The van der Waals surface area contributed by atoms with Gasteiger partial charge in [-0.3, -0.25) is 10.1 Å². The third-order valence-corrected chi connectivity index (χ3v) is 3.72. The Balaban J connectivity index is 2.06. The van der Waals surface area contributed by atoms with Crippen LogP contribution >= 0.6 is 0 Å². The molecule has 1 aromatic carbocycles. The van der Waals surface area contributed by atoms with Crippen LogP contribution in [0.25, 0.3) is 0 Å². The van der Waals surface area contributed by atoms with E-state index in [1.807, 2.05) is 6.07 Å². The van der Waals surface area contributed by atoms with Crippen LogP contribution in [0.2, 0.25) is 0 Å². The van der Waals surface area contributed by atoms with Gasteiger partial charge >= 0.3 is 0 Å². The molecular weight excluding hydrogens is 228 g/mol. The molecule has 0 spiro atoms. The first-order valence-corrected chi connectivity index (χ1v) is 6.67. The van der Waals surface area contributed by atoms with Crippen LogP contribution in [0.1, 0.15) is 39.0 Å². The number of nitrogens with one attached hydrogen (secondary N) is 1. The summed E-state index contributed by atoms with van der Waals surface area (Å²) in [6.45, 7) is 2.29. The fourth-order valence-corrected chi connectivity index (χ4v) is 2.61. The van der Waals surface area contributed by atoms with Crippen molar-refractivity contribution in [1.29, 1.82) is 0 Å². The molecule has 0 bridgehead atoms. The van der Waals surface area contributed by atoms with Crippen molar-refractivity contribution in [2.24, 2.45) is 5.92 Å². The Morgan fingerprint density at radius 2 is 2.00 bits per heavy atom. The summed E-state index contributed by atoms with van der Waals surface area (Å²) in [6.07, 6.45) is 5.90. The lowest BCUT2D eigenvalue weighted by Crippen LogP contribution is -2.19. The van der Waals surface area contributed by atoms with Gasteiger partial charge < -0.3 is 5.32 Å². The maximum absolute atomic E-state index is 10.9. The van der Waals surface area contributed by atoms with Crippen LogP contribution in [0.5, 0.6) is 0 Å². The lowest BCUT2D eigenvalue weighted by molar-refractivity contribution is -0.384. The Morgan fingerprint density at radius 3 is 2.78 bits per heavy atom. The molecule has 2 rings (SSSR count). The second kappa shape index (κ2) is 5.85. The molecule has 0 amide bonds. The van der Waals surface area contributed by atoms with Crippen LogP contribution in [-0.2, 0) is 0 Å². The summed E-state index contributed by atoms with van der Waals surface area (Å²) in [6, 6.07) is 7.28. The molecule has 1 aromatic rings. The molecule has 2 atom stereocenters. The first kappa shape index (κ1) is 12.9. The van der Waals surface area contributed by atoms with Crippen molar-refractivity contribution in [2.75, 3.05) is 5.32 Å². The minimum Gasteiger partial charge on any atom is -0.377 e. The highest BCUT2D eigenvalue weighted by Gasteiger charge is 2.19. The lowest BCUT2D eigenvalue weighted by Gasteiger charge is -2.17. The molecule has 0 heterocycles. The van der Waals surface area contributed by atoms with E-state index >= 15 is 0 Å². The number of nitrogens with zero attached hydrogens (tertiary/aromatic N) is 1. The molecule has 1 aliphatic rings. The van der Waals surface area contributed by atoms with Crippen molar-refractivity contribution in [3.8, 4) is 0 Å². The lowest BCUT2D eigenvalue weighted by atomic mass is 10.0. The van der Waals surface area contributed by atoms with E-state index in [2.05, 4.69) is 12.2 Å². The van der Waals surface area contributed by atoms with Crippen LogP contribution in [0.4, 0.5) is 11.4 Å². The maximum atomic E-state index is 10.9. The number of anilines is 1. The number of nitro groups is 1. The van der Waals surface area contributed by atoms with Gasteiger partial charge in [0.05, 0.1) is 4.92 Å². The number of hydrogen-bond acceptors (Lipinski definition) is 3. The molecule has 98 valence electrons. The minimum absolute atomic E-state index is 0.176. The van der Waals surface area contributed by atoms with Gasteiger partial charge in [0, 0.05) is 12.1 Å². The van der Waals surface area contributed by atoms with Crippen LogP contribution in [0.15, 0.2) is 24.3 Å². The molecule has 1 N–H and O–H groups in total. The largest absolute Gasteiger partial charge is 0.377 e. The van der Waals surface area contributed by atoms with Gasteiger partial charge in [0.2, 0.25) is 0 Å². The zero-order valence-corrected chi connectivity index (χ0v) is 10.8. The average molecular weight is 248 g/mol. The Labute approximate surface area is 108 Å². The summed E-state index contributed by atoms with van der Waals surface area (Å²) in [4.78, 5) is 10.6. The van der Waals surface area contributed by atoms with E-state index in [4.69, 9.17) is 0 Å². The number of hydrogen-bond donors (Lipinski definition) is 1.